The lowest BCUT2D eigenvalue weighted by Gasteiger charge is -2.06. The molecule has 0 atom stereocenters. The van der Waals surface area contributed by atoms with Gasteiger partial charge in [0.25, 0.3) is 0 Å². The summed E-state index contributed by atoms with van der Waals surface area (Å²) in [7, 11) is 0. The van der Waals surface area contributed by atoms with Crippen LogP contribution in [0.4, 0.5) is 8.78 Å². The van der Waals surface area contributed by atoms with Crippen LogP contribution in [0.1, 0.15) is 24.5 Å². The number of hydrogen-bond donors (Lipinski definition) is 1. The fraction of sp³-hybridized carbons (Fsp3) is 0.130. The summed E-state index contributed by atoms with van der Waals surface area (Å²) in [5.41, 5.74) is 0.130. The van der Waals surface area contributed by atoms with Crippen molar-refractivity contribution >= 4 is 23.9 Å². The van der Waals surface area contributed by atoms with Gasteiger partial charge in [-0.25, -0.2) is 8.78 Å². The number of aliphatic hydroxyl groups is 1. The van der Waals surface area contributed by atoms with E-state index >= 15 is 0 Å². The van der Waals surface area contributed by atoms with Gasteiger partial charge in [0.2, 0.25) is 0 Å². The smallest absolute Gasteiger partial charge is 0.310 e. The highest BCUT2D eigenvalue weighted by Gasteiger charge is 2.17. The van der Waals surface area contributed by atoms with Crippen LogP contribution in [0.15, 0.2) is 72.0 Å². The number of carbonyl (C=O) groups is 2. The molecule has 2 aromatic rings. The lowest BCUT2D eigenvalue weighted by Crippen LogP contribution is -2.11. The zero-order valence-corrected chi connectivity index (χ0v) is 15.8. The average Bonchev–Trinajstić information content (AvgIpc) is 2.70. The second kappa shape index (κ2) is 10.7. The minimum Gasteiger partial charge on any atom is -0.508 e. The SMILES string of the molecule is CCOC(=O)CC(C(=O)/C=C/c1ccccc1F)=C(O)C=Cc1ccccc1F. The van der Waals surface area contributed by atoms with Gasteiger partial charge in [0.05, 0.1) is 18.6 Å². The monoisotopic (exact) mass is 398 g/mol. The lowest BCUT2D eigenvalue weighted by molar-refractivity contribution is -0.142. The molecule has 0 unspecified atom stereocenters. The van der Waals surface area contributed by atoms with Crippen molar-refractivity contribution in [3.05, 3.63) is 94.8 Å². The van der Waals surface area contributed by atoms with Gasteiger partial charge < -0.3 is 9.84 Å². The van der Waals surface area contributed by atoms with Gasteiger partial charge in [0.15, 0.2) is 5.78 Å². The van der Waals surface area contributed by atoms with Crippen molar-refractivity contribution in [2.24, 2.45) is 0 Å². The van der Waals surface area contributed by atoms with E-state index in [0.29, 0.717) is 0 Å². The van der Waals surface area contributed by atoms with Crippen molar-refractivity contribution in [1.82, 2.24) is 0 Å². The van der Waals surface area contributed by atoms with Crippen LogP contribution >= 0.6 is 0 Å². The molecule has 1 N–H and O–H groups in total. The van der Waals surface area contributed by atoms with Crippen molar-refractivity contribution < 1.29 is 28.2 Å². The number of aliphatic hydroxyl groups excluding tert-OH is 1. The summed E-state index contributed by atoms with van der Waals surface area (Å²) in [5, 5.41) is 10.3. The first kappa shape index (κ1) is 21.8. The standard InChI is InChI=1S/C23H20F2O4/c1-2-29-23(28)15-18(21(26)13-11-16-7-3-5-9-19(16)24)22(27)14-12-17-8-4-6-10-20(17)25/h3-14,26H,2,15H2,1H3/b13-11?,14-12+,21-18?. The normalized spacial score (nSPS) is 12.2. The molecule has 150 valence electrons. The Hall–Kier alpha value is -3.54. The van der Waals surface area contributed by atoms with Gasteiger partial charge in [0.1, 0.15) is 17.4 Å². The van der Waals surface area contributed by atoms with Crippen LogP contribution in [0, 0.1) is 11.6 Å². The summed E-state index contributed by atoms with van der Waals surface area (Å²) in [5.74, 6) is -2.94. The Labute approximate surface area is 167 Å². The molecule has 29 heavy (non-hydrogen) atoms. The highest BCUT2D eigenvalue weighted by atomic mass is 19.1. The van der Waals surface area contributed by atoms with Crippen molar-refractivity contribution in [2.45, 2.75) is 13.3 Å². The van der Waals surface area contributed by atoms with E-state index < -0.39 is 35.6 Å². The van der Waals surface area contributed by atoms with Crippen LogP contribution in [-0.2, 0) is 14.3 Å². The highest BCUT2D eigenvalue weighted by molar-refractivity contribution is 6.09. The van der Waals surface area contributed by atoms with E-state index in [1.54, 1.807) is 19.1 Å². The molecule has 0 saturated heterocycles. The van der Waals surface area contributed by atoms with Gasteiger partial charge in [0, 0.05) is 11.1 Å². The van der Waals surface area contributed by atoms with E-state index in [0.717, 1.165) is 12.2 Å². The summed E-state index contributed by atoms with van der Waals surface area (Å²) >= 11 is 0. The Morgan fingerprint density at radius 1 is 0.931 bits per heavy atom. The molecule has 0 heterocycles. The number of carbonyl (C=O) groups excluding carboxylic acids is 2. The van der Waals surface area contributed by atoms with Crippen LogP contribution in [-0.4, -0.2) is 23.5 Å². The van der Waals surface area contributed by atoms with Gasteiger partial charge in [-0.3, -0.25) is 9.59 Å². The number of ketones is 1. The minimum absolute atomic E-state index is 0.108. The molecule has 0 amide bonds. The number of halogens is 2. The number of benzene rings is 2. The van der Waals surface area contributed by atoms with E-state index in [9.17, 15) is 23.5 Å². The predicted octanol–water partition coefficient (Wildman–Crippen LogP) is 5.03. The van der Waals surface area contributed by atoms with E-state index in [1.807, 2.05) is 0 Å². The Morgan fingerprint density at radius 3 is 1.97 bits per heavy atom. The number of allylic oxidation sites excluding steroid dienone is 2. The molecule has 0 fully saturated rings. The third kappa shape index (κ3) is 6.53. The highest BCUT2D eigenvalue weighted by Crippen LogP contribution is 2.16. The van der Waals surface area contributed by atoms with Crippen molar-refractivity contribution in [2.75, 3.05) is 6.61 Å². The van der Waals surface area contributed by atoms with Crippen molar-refractivity contribution in [3.8, 4) is 0 Å². The van der Waals surface area contributed by atoms with Crippen molar-refractivity contribution in [3.63, 3.8) is 0 Å². The molecule has 0 aliphatic heterocycles. The quantitative estimate of drug-likeness (QED) is 0.293. The number of ether oxygens (including phenoxy) is 1. The lowest BCUT2D eigenvalue weighted by atomic mass is 10.0. The second-order valence-corrected chi connectivity index (χ2v) is 5.92. The minimum atomic E-state index is -0.707. The number of hydrogen-bond acceptors (Lipinski definition) is 4. The molecule has 0 aromatic heterocycles. The van der Waals surface area contributed by atoms with Crippen LogP contribution in [0.25, 0.3) is 12.2 Å². The first-order valence-corrected chi connectivity index (χ1v) is 8.89. The summed E-state index contributed by atoms with van der Waals surface area (Å²) in [6.45, 7) is 1.72. The molecule has 0 bridgehead atoms. The van der Waals surface area contributed by atoms with Gasteiger partial charge in [-0.05, 0) is 43.4 Å². The molecular weight excluding hydrogens is 378 g/mol. The maximum Gasteiger partial charge on any atom is 0.310 e. The Morgan fingerprint density at radius 2 is 1.45 bits per heavy atom. The zero-order valence-electron chi connectivity index (χ0n) is 15.8. The Balaban J connectivity index is 2.33. The predicted molar refractivity (Wildman–Crippen MR) is 107 cm³/mol. The number of rotatable bonds is 8. The fourth-order valence-electron chi connectivity index (χ4n) is 2.42. The first-order valence-electron chi connectivity index (χ1n) is 8.89. The first-order chi connectivity index (χ1) is 13.9. The van der Waals surface area contributed by atoms with E-state index in [1.165, 1.54) is 48.6 Å². The summed E-state index contributed by atoms with van der Waals surface area (Å²) < 4.78 is 32.3. The maximum atomic E-state index is 13.7. The maximum absolute atomic E-state index is 13.7. The summed E-state index contributed by atoms with van der Waals surface area (Å²) in [6, 6.07) is 11.7. The van der Waals surface area contributed by atoms with Crippen LogP contribution < -0.4 is 0 Å². The zero-order chi connectivity index (χ0) is 21.2. The third-order valence-electron chi connectivity index (χ3n) is 3.88. The fourth-order valence-corrected chi connectivity index (χ4v) is 2.42. The van der Waals surface area contributed by atoms with E-state index in [-0.39, 0.29) is 23.3 Å². The largest absolute Gasteiger partial charge is 0.508 e. The third-order valence-corrected chi connectivity index (χ3v) is 3.88. The molecular formula is C23H20F2O4. The van der Waals surface area contributed by atoms with Crippen LogP contribution in [0.3, 0.4) is 0 Å². The molecule has 4 nitrogen and oxygen atoms in total. The average molecular weight is 398 g/mol. The molecule has 0 aliphatic carbocycles. The Bertz CT molecular complexity index is 974. The molecule has 0 saturated carbocycles. The van der Waals surface area contributed by atoms with Gasteiger partial charge in [-0.2, -0.15) is 0 Å². The Kier molecular flexibility index (Phi) is 8.03. The summed E-state index contributed by atoms with van der Waals surface area (Å²) in [6.07, 6.45) is 4.23. The molecule has 2 rings (SSSR count). The van der Waals surface area contributed by atoms with Crippen LogP contribution in [0.5, 0.6) is 0 Å². The molecule has 2 aromatic carbocycles. The van der Waals surface area contributed by atoms with Crippen LogP contribution in [0.2, 0.25) is 0 Å². The molecule has 6 heteroatoms. The molecule has 0 radical (unpaired) electrons. The molecule has 0 aliphatic rings. The van der Waals surface area contributed by atoms with E-state index in [2.05, 4.69) is 0 Å². The molecule has 0 spiro atoms. The van der Waals surface area contributed by atoms with Gasteiger partial charge >= 0.3 is 5.97 Å². The summed E-state index contributed by atoms with van der Waals surface area (Å²) in [4.78, 5) is 24.4. The second-order valence-electron chi connectivity index (χ2n) is 5.92. The number of esters is 1. The van der Waals surface area contributed by atoms with Crippen molar-refractivity contribution in [1.29, 1.82) is 0 Å². The topological polar surface area (TPSA) is 63.6 Å². The van der Waals surface area contributed by atoms with Gasteiger partial charge in [-0.1, -0.05) is 36.4 Å². The van der Waals surface area contributed by atoms with E-state index in [4.69, 9.17) is 4.74 Å². The van der Waals surface area contributed by atoms with Gasteiger partial charge in [-0.15, -0.1) is 0 Å².